The molecule has 0 saturated carbocycles. The van der Waals surface area contributed by atoms with Crippen molar-refractivity contribution in [2.75, 3.05) is 13.1 Å². The van der Waals surface area contributed by atoms with Gasteiger partial charge in [-0.25, -0.2) is 0 Å². The Morgan fingerprint density at radius 2 is 1.61 bits per heavy atom. The van der Waals surface area contributed by atoms with Gasteiger partial charge in [-0.15, -0.1) is 0 Å². The van der Waals surface area contributed by atoms with E-state index in [4.69, 9.17) is 5.73 Å². The highest BCUT2D eigenvalue weighted by molar-refractivity contribution is 5.79. The third-order valence-electron chi connectivity index (χ3n) is 3.60. The predicted molar refractivity (Wildman–Crippen MR) is 78.3 cm³/mol. The summed E-state index contributed by atoms with van der Waals surface area (Å²) >= 11 is 0. The molecule has 3 heteroatoms. The predicted octanol–water partition coefficient (Wildman–Crippen LogP) is 2.89. The summed E-state index contributed by atoms with van der Waals surface area (Å²) in [5.74, 6) is 1.02. The first kappa shape index (κ1) is 17.4. The maximum Gasteiger partial charge on any atom is 0.227 e. The Labute approximate surface area is 113 Å². The Morgan fingerprint density at radius 3 is 1.89 bits per heavy atom. The van der Waals surface area contributed by atoms with Crippen molar-refractivity contribution in [2.45, 2.75) is 60.4 Å². The van der Waals surface area contributed by atoms with Crippen LogP contribution in [0.3, 0.4) is 0 Å². The standard InChI is InChI=1S/C15H32N2O/c1-7-13(8-2)17(10-11(3)4)15(18)14(9-16)12(5)6/h11-14H,7-10,16H2,1-6H3. The molecule has 0 radical (unpaired) electrons. The van der Waals surface area contributed by atoms with Gasteiger partial charge in [-0.1, -0.05) is 41.5 Å². The van der Waals surface area contributed by atoms with Crippen LogP contribution in [-0.4, -0.2) is 29.9 Å². The second-order valence-corrected chi connectivity index (χ2v) is 5.94. The molecule has 0 rings (SSSR count). The van der Waals surface area contributed by atoms with E-state index < -0.39 is 0 Å². The van der Waals surface area contributed by atoms with E-state index in [0.29, 0.717) is 24.4 Å². The molecule has 0 aromatic rings. The summed E-state index contributed by atoms with van der Waals surface area (Å²) in [4.78, 5) is 14.7. The molecule has 1 atom stereocenters. The van der Waals surface area contributed by atoms with Crippen molar-refractivity contribution in [3.8, 4) is 0 Å². The minimum absolute atomic E-state index is 0.0376. The zero-order valence-electron chi connectivity index (χ0n) is 13.1. The van der Waals surface area contributed by atoms with E-state index in [-0.39, 0.29) is 11.8 Å². The highest BCUT2D eigenvalue weighted by Gasteiger charge is 2.29. The van der Waals surface area contributed by atoms with Crippen molar-refractivity contribution >= 4 is 5.91 Å². The van der Waals surface area contributed by atoms with Crippen LogP contribution in [0.15, 0.2) is 0 Å². The molecule has 0 aromatic carbocycles. The van der Waals surface area contributed by atoms with Crippen LogP contribution in [0.4, 0.5) is 0 Å². The van der Waals surface area contributed by atoms with E-state index >= 15 is 0 Å². The fraction of sp³-hybridized carbons (Fsp3) is 0.933. The maximum absolute atomic E-state index is 12.7. The lowest BCUT2D eigenvalue weighted by Crippen LogP contribution is -2.48. The van der Waals surface area contributed by atoms with Crippen molar-refractivity contribution in [3.05, 3.63) is 0 Å². The maximum atomic E-state index is 12.7. The highest BCUT2D eigenvalue weighted by atomic mass is 16.2. The third kappa shape index (κ3) is 4.97. The molecule has 0 fully saturated rings. The van der Waals surface area contributed by atoms with Gasteiger partial charge in [0.1, 0.15) is 0 Å². The van der Waals surface area contributed by atoms with Crippen molar-refractivity contribution in [2.24, 2.45) is 23.5 Å². The molecule has 0 aromatic heterocycles. The highest BCUT2D eigenvalue weighted by Crippen LogP contribution is 2.19. The van der Waals surface area contributed by atoms with E-state index in [1.165, 1.54) is 0 Å². The fourth-order valence-corrected chi connectivity index (χ4v) is 2.41. The molecule has 0 spiro atoms. The van der Waals surface area contributed by atoms with Gasteiger partial charge in [0, 0.05) is 19.1 Å². The summed E-state index contributed by atoms with van der Waals surface area (Å²) in [5.41, 5.74) is 5.78. The van der Waals surface area contributed by atoms with Crippen LogP contribution in [0.5, 0.6) is 0 Å². The Hall–Kier alpha value is -0.570. The lowest BCUT2D eigenvalue weighted by Gasteiger charge is -2.35. The molecule has 108 valence electrons. The first-order valence-electron chi connectivity index (χ1n) is 7.39. The van der Waals surface area contributed by atoms with Crippen LogP contribution in [0, 0.1) is 17.8 Å². The molecule has 0 aliphatic rings. The molecular formula is C15H32N2O. The molecule has 0 saturated heterocycles. The van der Waals surface area contributed by atoms with Gasteiger partial charge in [-0.3, -0.25) is 4.79 Å². The van der Waals surface area contributed by atoms with Gasteiger partial charge in [0.2, 0.25) is 5.91 Å². The molecule has 1 amide bonds. The fourth-order valence-electron chi connectivity index (χ4n) is 2.41. The summed E-state index contributed by atoms with van der Waals surface area (Å²) in [5, 5.41) is 0. The summed E-state index contributed by atoms with van der Waals surface area (Å²) in [7, 11) is 0. The van der Waals surface area contributed by atoms with Crippen molar-refractivity contribution in [1.82, 2.24) is 4.90 Å². The molecule has 0 aliphatic heterocycles. The van der Waals surface area contributed by atoms with Gasteiger partial charge in [-0.05, 0) is 24.7 Å². The van der Waals surface area contributed by atoms with Crippen LogP contribution in [0.25, 0.3) is 0 Å². The lowest BCUT2D eigenvalue weighted by atomic mass is 9.93. The van der Waals surface area contributed by atoms with E-state index in [1.807, 2.05) is 0 Å². The molecule has 0 aliphatic carbocycles. The van der Waals surface area contributed by atoms with Crippen molar-refractivity contribution < 1.29 is 4.79 Å². The number of nitrogens with two attached hydrogens (primary N) is 1. The van der Waals surface area contributed by atoms with Crippen molar-refractivity contribution in [3.63, 3.8) is 0 Å². The Balaban J connectivity index is 4.98. The summed E-state index contributed by atoms with van der Waals surface area (Å²) in [6, 6.07) is 0.354. The average Bonchev–Trinajstić information content (AvgIpc) is 2.29. The van der Waals surface area contributed by atoms with E-state index in [1.54, 1.807) is 0 Å². The Kier molecular flexibility index (Phi) is 8.25. The van der Waals surface area contributed by atoms with Crippen LogP contribution in [-0.2, 0) is 4.79 Å². The van der Waals surface area contributed by atoms with Crippen molar-refractivity contribution in [1.29, 1.82) is 0 Å². The van der Waals surface area contributed by atoms with Crippen LogP contribution in [0.1, 0.15) is 54.4 Å². The smallest absolute Gasteiger partial charge is 0.227 e. The third-order valence-corrected chi connectivity index (χ3v) is 3.60. The van der Waals surface area contributed by atoms with Gasteiger partial charge >= 0.3 is 0 Å². The topological polar surface area (TPSA) is 46.3 Å². The number of hydrogen-bond acceptors (Lipinski definition) is 2. The molecule has 3 nitrogen and oxygen atoms in total. The number of carbonyl (C=O) groups excluding carboxylic acids is 1. The number of nitrogens with zero attached hydrogens (tertiary/aromatic N) is 1. The molecular weight excluding hydrogens is 224 g/mol. The van der Waals surface area contributed by atoms with Crippen LogP contribution < -0.4 is 5.73 Å². The lowest BCUT2D eigenvalue weighted by molar-refractivity contribution is -0.139. The second-order valence-electron chi connectivity index (χ2n) is 5.94. The number of rotatable bonds is 8. The molecule has 18 heavy (non-hydrogen) atoms. The zero-order valence-corrected chi connectivity index (χ0v) is 13.1. The van der Waals surface area contributed by atoms with Gasteiger partial charge in [0.05, 0.1) is 5.92 Å². The average molecular weight is 256 g/mol. The quantitative estimate of drug-likeness (QED) is 0.726. The van der Waals surface area contributed by atoms with E-state index in [2.05, 4.69) is 46.4 Å². The summed E-state index contributed by atoms with van der Waals surface area (Å²) in [6.45, 7) is 14.1. The van der Waals surface area contributed by atoms with Gasteiger partial charge in [0.25, 0.3) is 0 Å². The Bertz CT molecular complexity index is 235. The summed E-state index contributed by atoms with van der Waals surface area (Å²) in [6.07, 6.45) is 2.04. The minimum Gasteiger partial charge on any atom is -0.339 e. The van der Waals surface area contributed by atoms with E-state index in [0.717, 1.165) is 19.4 Å². The minimum atomic E-state index is -0.0376. The SMILES string of the molecule is CCC(CC)N(CC(C)C)C(=O)C(CN)C(C)C. The Morgan fingerprint density at radius 1 is 1.11 bits per heavy atom. The number of hydrogen-bond donors (Lipinski definition) is 1. The van der Waals surface area contributed by atoms with Gasteiger partial charge in [0.15, 0.2) is 0 Å². The molecule has 0 heterocycles. The largest absolute Gasteiger partial charge is 0.339 e. The van der Waals surface area contributed by atoms with Crippen LogP contribution >= 0.6 is 0 Å². The monoisotopic (exact) mass is 256 g/mol. The zero-order chi connectivity index (χ0) is 14.3. The van der Waals surface area contributed by atoms with E-state index in [9.17, 15) is 4.79 Å². The number of amides is 1. The second kappa shape index (κ2) is 8.52. The van der Waals surface area contributed by atoms with Gasteiger partial charge < -0.3 is 10.6 Å². The number of carbonyl (C=O) groups is 1. The first-order valence-corrected chi connectivity index (χ1v) is 7.39. The molecule has 0 bridgehead atoms. The van der Waals surface area contributed by atoms with Crippen LogP contribution in [0.2, 0.25) is 0 Å². The first-order chi connectivity index (χ1) is 8.38. The molecule has 1 unspecified atom stereocenters. The summed E-state index contributed by atoms with van der Waals surface area (Å²) < 4.78 is 0. The normalized spacial score (nSPS) is 13.4. The van der Waals surface area contributed by atoms with Gasteiger partial charge in [-0.2, -0.15) is 0 Å². The molecule has 2 N–H and O–H groups in total.